The summed E-state index contributed by atoms with van der Waals surface area (Å²) in [7, 11) is 0. The smallest absolute Gasteiger partial charge is 0.201 e. The van der Waals surface area contributed by atoms with Crippen LogP contribution in [0.5, 0.6) is 5.75 Å². The van der Waals surface area contributed by atoms with Crippen molar-refractivity contribution in [1.29, 1.82) is 5.26 Å². The molecular formula is C16H14N4O. The molecule has 0 aliphatic carbocycles. The molecule has 0 aliphatic heterocycles. The van der Waals surface area contributed by atoms with Gasteiger partial charge in [0.1, 0.15) is 23.9 Å². The lowest BCUT2D eigenvalue weighted by Crippen LogP contribution is -2.10. The number of fused-ring (bicyclic) bond motifs is 1. The minimum atomic E-state index is 0.393. The number of imidazole rings is 1. The van der Waals surface area contributed by atoms with E-state index in [0.29, 0.717) is 30.2 Å². The number of aromatic nitrogens is 2. The molecule has 104 valence electrons. The number of nitriles is 1. The van der Waals surface area contributed by atoms with Gasteiger partial charge in [-0.3, -0.25) is 0 Å². The van der Waals surface area contributed by atoms with Crippen LogP contribution < -0.4 is 10.5 Å². The summed E-state index contributed by atoms with van der Waals surface area (Å²) in [6.07, 6.45) is 0. The number of hydrogen-bond donors (Lipinski definition) is 1. The van der Waals surface area contributed by atoms with E-state index in [1.165, 1.54) is 0 Å². The molecule has 0 radical (unpaired) electrons. The van der Waals surface area contributed by atoms with Crippen LogP contribution in [0.25, 0.3) is 11.0 Å². The summed E-state index contributed by atoms with van der Waals surface area (Å²) in [5.74, 6) is 1.21. The highest BCUT2D eigenvalue weighted by atomic mass is 16.5. The summed E-state index contributed by atoms with van der Waals surface area (Å²) in [5.41, 5.74) is 7.96. The summed E-state index contributed by atoms with van der Waals surface area (Å²) in [5, 5.41) is 9.10. The van der Waals surface area contributed by atoms with Gasteiger partial charge >= 0.3 is 0 Å². The first-order valence-corrected chi connectivity index (χ1v) is 6.62. The zero-order chi connectivity index (χ0) is 14.7. The molecule has 0 bridgehead atoms. The molecule has 3 rings (SSSR count). The zero-order valence-corrected chi connectivity index (χ0v) is 11.4. The van der Waals surface area contributed by atoms with Crippen molar-refractivity contribution in [2.45, 2.75) is 6.54 Å². The van der Waals surface area contributed by atoms with Crippen molar-refractivity contribution < 1.29 is 4.74 Å². The van der Waals surface area contributed by atoms with Crippen molar-refractivity contribution in [1.82, 2.24) is 9.55 Å². The van der Waals surface area contributed by atoms with Crippen LogP contribution in [0, 0.1) is 11.3 Å². The molecule has 0 saturated heterocycles. The lowest BCUT2D eigenvalue weighted by atomic mass is 10.2. The fourth-order valence-corrected chi connectivity index (χ4v) is 2.26. The Bertz CT molecular complexity index is 802. The molecule has 0 spiro atoms. The highest BCUT2D eigenvalue weighted by Crippen LogP contribution is 2.21. The van der Waals surface area contributed by atoms with Crippen LogP contribution in [-0.2, 0) is 6.54 Å². The topological polar surface area (TPSA) is 76.9 Å². The molecule has 0 amide bonds. The van der Waals surface area contributed by atoms with Gasteiger partial charge in [0, 0.05) is 0 Å². The second kappa shape index (κ2) is 5.55. The van der Waals surface area contributed by atoms with Crippen molar-refractivity contribution in [3.05, 3.63) is 54.1 Å². The number of nitrogen functional groups attached to an aromatic ring is 1. The fourth-order valence-electron chi connectivity index (χ4n) is 2.26. The maximum atomic E-state index is 9.10. The Morgan fingerprint density at radius 3 is 2.71 bits per heavy atom. The number of para-hydroxylation sites is 2. The molecule has 0 atom stereocenters. The van der Waals surface area contributed by atoms with Gasteiger partial charge in [-0.15, -0.1) is 0 Å². The minimum absolute atomic E-state index is 0.393. The number of nitrogens with zero attached hydrogens (tertiary/aromatic N) is 3. The number of anilines is 1. The fraction of sp³-hybridized carbons (Fsp3) is 0.125. The van der Waals surface area contributed by atoms with E-state index >= 15 is 0 Å². The van der Waals surface area contributed by atoms with Gasteiger partial charge in [0.05, 0.1) is 17.6 Å². The summed E-state index contributed by atoms with van der Waals surface area (Å²) in [6.45, 7) is 1.06. The van der Waals surface area contributed by atoms with Gasteiger partial charge in [0.2, 0.25) is 5.95 Å². The van der Waals surface area contributed by atoms with E-state index in [2.05, 4.69) is 11.1 Å². The van der Waals surface area contributed by atoms with Gasteiger partial charge in [-0.25, -0.2) is 4.98 Å². The van der Waals surface area contributed by atoms with Crippen molar-refractivity contribution in [3.8, 4) is 11.8 Å². The van der Waals surface area contributed by atoms with E-state index in [0.717, 1.165) is 11.3 Å². The molecule has 0 saturated carbocycles. The van der Waals surface area contributed by atoms with Crippen LogP contribution in [0.2, 0.25) is 0 Å². The maximum Gasteiger partial charge on any atom is 0.201 e. The largest absolute Gasteiger partial charge is 0.492 e. The molecule has 0 aliphatic rings. The quantitative estimate of drug-likeness (QED) is 0.795. The van der Waals surface area contributed by atoms with Gasteiger partial charge in [-0.1, -0.05) is 24.3 Å². The van der Waals surface area contributed by atoms with Crippen molar-refractivity contribution in [2.24, 2.45) is 0 Å². The van der Waals surface area contributed by atoms with Crippen LogP contribution in [0.3, 0.4) is 0 Å². The maximum absolute atomic E-state index is 9.10. The Labute approximate surface area is 122 Å². The van der Waals surface area contributed by atoms with Crippen molar-refractivity contribution >= 4 is 17.0 Å². The van der Waals surface area contributed by atoms with E-state index < -0.39 is 0 Å². The van der Waals surface area contributed by atoms with E-state index in [1.54, 1.807) is 6.07 Å². The zero-order valence-electron chi connectivity index (χ0n) is 11.4. The number of hydrogen-bond acceptors (Lipinski definition) is 4. The molecule has 0 unspecified atom stereocenters. The molecule has 2 aromatic carbocycles. The SMILES string of the molecule is N#Cc1cccc2c1nc(N)n2CCOc1ccccc1. The van der Waals surface area contributed by atoms with Crippen LogP contribution in [0.4, 0.5) is 5.95 Å². The van der Waals surface area contributed by atoms with Gasteiger partial charge in [-0.05, 0) is 24.3 Å². The molecule has 1 heterocycles. The number of nitrogens with two attached hydrogens (primary N) is 1. The predicted molar refractivity (Wildman–Crippen MR) is 80.8 cm³/mol. The molecule has 5 nitrogen and oxygen atoms in total. The summed E-state index contributed by atoms with van der Waals surface area (Å²) < 4.78 is 7.53. The van der Waals surface area contributed by atoms with Crippen LogP contribution in [0.15, 0.2) is 48.5 Å². The molecule has 2 N–H and O–H groups in total. The van der Waals surface area contributed by atoms with Gasteiger partial charge in [0.25, 0.3) is 0 Å². The van der Waals surface area contributed by atoms with E-state index in [9.17, 15) is 0 Å². The average Bonchev–Trinajstić information content (AvgIpc) is 2.84. The first-order chi connectivity index (χ1) is 10.3. The third kappa shape index (κ3) is 2.51. The number of rotatable bonds is 4. The summed E-state index contributed by atoms with van der Waals surface area (Å²) in [6, 6.07) is 17.2. The molecule has 21 heavy (non-hydrogen) atoms. The monoisotopic (exact) mass is 278 g/mol. The highest BCUT2D eigenvalue weighted by Gasteiger charge is 2.11. The second-order valence-electron chi connectivity index (χ2n) is 4.57. The minimum Gasteiger partial charge on any atom is -0.492 e. The van der Waals surface area contributed by atoms with E-state index in [-0.39, 0.29) is 0 Å². The molecule has 0 fully saturated rings. The average molecular weight is 278 g/mol. The first-order valence-electron chi connectivity index (χ1n) is 6.62. The van der Waals surface area contributed by atoms with Crippen LogP contribution in [-0.4, -0.2) is 16.2 Å². The Hall–Kier alpha value is -3.00. The molecular weight excluding hydrogens is 264 g/mol. The van der Waals surface area contributed by atoms with Gasteiger partial charge in [0.15, 0.2) is 0 Å². The van der Waals surface area contributed by atoms with Crippen molar-refractivity contribution in [2.75, 3.05) is 12.3 Å². The summed E-state index contributed by atoms with van der Waals surface area (Å²) >= 11 is 0. The Balaban J connectivity index is 1.81. The van der Waals surface area contributed by atoms with Crippen molar-refractivity contribution in [3.63, 3.8) is 0 Å². The first kappa shape index (κ1) is 13.0. The van der Waals surface area contributed by atoms with Gasteiger partial charge < -0.3 is 15.0 Å². The molecule has 5 heteroatoms. The molecule has 3 aromatic rings. The van der Waals surface area contributed by atoms with Crippen LogP contribution in [0.1, 0.15) is 5.56 Å². The van der Waals surface area contributed by atoms with E-state index in [4.69, 9.17) is 15.7 Å². The second-order valence-corrected chi connectivity index (χ2v) is 4.57. The third-order valence-corrected chi connectivity index (χ3v) is 3.26. The Morgan fingerprint density at radius 1 is 1.14 bits per heavy atom. The van der Waals surface area contributed by atoms with Gasteiger partial charge in [-0.2, -0.15) is 5.26 Å². The highest BCUT2D eigenvalue weighted by molar-refractivity contribution is 5.83. The lowest BCUT2D eigenvalue weighted by Gasteiger charge is -2.08. The predicted octanol–water partition coefficient (Wildman–Crippen LogP) is 2.57. The normalized spacial score (nSPS) is 10.4. The summed E-state index contributed by atoms with van der Waals surface area (Å²) in [4.78, 5) is 4.27. The Kier molecular flexibility index (Phi) is 3.44. The lowest BCUT2D eigenvalue weighted by molar-refractivity contribution is 0.301. The third-order valence-electron chi connectivity index (χ3n) is 3.26. The Morgan fingerprint density at radius 2 is 1.95 bits per heavy atom. The number of benzene rings is 2. The number of ether oxygens (including phenoxy) is 1. The van der Waals surface area contributed by atoms with E-state index in [1.807, 2.05) is 47.0 Å². The van der Waals surface area contributed by atoms with Crippen LogP contribution >= 0.6 is 0 Å². The standard InChI is InChI=1S/C16H14N4O/c17-11-12-5-4-8-14-15(12)19-16(18)20(14)9-10-21-13-6-2-1-3-7-13/h1-8H,9-10H2,(H2,18,19). The molecule has 1 aromatic heterocycles.